The Bertz CT molecular complexity index is 768. The number of hydrogen-bond acceptors (Lipinski definition) is 3. The van der Waals surface area contributed by atoms with Gasteiger partial charge in [-0.15, -0.1) is 0 Å². The molecule has 0 aromatic heterocycles. The summed E-state index contributed by atoms with van der Waals surface area (Å²) < 4.78 is 12.4. The molecule has 0 bridgehead atoms. The van der Waals surface area contributed by atoms with E-state index in [9.17, 15) is 4.79 Å². The summed E-state index contributed by atoms with van der Waals surface area (Å²) in [5.41, 5.74) is 1.95. The highest BCUT2D eigenvalue weighted by molar-refractivity contribution is 9.10. The molecule has 0 unspecified atom stereocenters. The largest absolute Gasteiger partial charge is 0.490 e. The molecule has 1 N–H and O–H groups in total. The van der Waals surface area contributed by atoms with Crippen LogP contribution in [0.2, 0.25) is 0 Å². The number of ether oxygens (including phenoxy) is 2. The average molecular weight is 432 g/mol. The Morgan fingerprint density at radius 2 is 1.85 bits per heavy atom. The lowest BCUT2D eigenvalue weighted by molar-refractivity contribution is -0.118. The van der Waals surface area contributed by atoms with Crippen LogP contribution in [-0.2, 0) is 4.79 Å². The summed E-state index contributed by atoms with van der Waals surface area (Å²) in [6.07, 6.45) is 5.08. The average Bonchev–Trinajstić information content (AvgIpc) is 3.15. The molecule has 0 radical (unpaired) electrons. The van der Waals surface area contributed by atoms with Crippen LogP contribution in [0.25, 0.3) is 0 Å². The molecule has 3 rings (SSSR count). The van der Waals surface area contributed by atoms with Gasteiger partial charge in [-0.1, -0.05) is 19.9 Å². The Balaban J connectivity index is 1.49. The van der Waals surface area contributed by atoms with E-state index in [1.54, 1.807) is 0 Å². The summed E-state index contributed by atoms with van der Waals surface area (Å²) in [5, 5.41) is 2.85. The van der Waals surface area contributed by atoms with Crippen LogP contribution in [0.4, 0.5) is 5.69 Å². The van der Waals surface area contributed by atoms with Gasteiger partial charge in [0.25, 0.3) is 5.91 Å². The van der Waals surface area contributed by atoms with Crippen LogP contribution in [0, 0.1) is 0 Å². The van der Waals surface area contributed by atoms with Gasteiger partial charge in [0.05, 0.1) is 10.6 Å². The number of carbonyl (C=O) groups excluding carboxylic acids is 1. The van der Waals surface area contributed by atoms with E-state index in [0.717, 1.165) is 28.8 Å². The maximum absolute atomic E-state index is 12.2. The van der Waals surface area contributed by atoms with Crippen LogP contribution in [0.1, 0.15) is 51.0 Å². The zero-order chi connectivity index (χ0) is 19.2. The summed E-state index contributed by atoms with van der Waals surface area (Å²) in [6.45, 7) is 4.24. The molecule has 2 aromatic carbocycles. The Kier molecular flexibility index (Phi) is 6.78. The fraction of sp³-hybridized carbons (Fsp3) is 0.409. The van der Waals surface area contributed by atoms with Crippen molar-refractivity contribution in [1.29, 1.82) is 0 Å². The number of rotatable bonds is 7. The number of amides is 1. The van der Waals surface area contributed by atoms with Gasteiger partial charge in [-0.25, -0.2) is 0 Å². The van der Waals surface area contributed by atoms with Gasteiger partial charge in [0, 0.05) is 5.69 Å². The highest BCUT2D eigenvalue weighted by Gasteiger charge is 2.16. The number of halogens is 1. The summed E-state index contributed by atoms with van der Waals surface area (Å²) in [4.78, 5) is 12.2. The number of benzene rings is 2. The van der Waals surface area contributed by atoms with Crippen molar-refractivity contribution < 1.29 is 14.3 Å². The molecule has 4 nitrogen and oxygen atoms in total. The first-order chi connectivity index (χ1) is 13.0. The number of nitrogens with one attached hydrogen (secondary N) is 1. The molecule has 0 aliphatic heterocycles. The fourth-order valence-electron chi connectivity index (χ4n) is 3.15. The van der Waals surface area contributed by atoms with E-state index < -0.39 is 0 Å². The lowest BCUT2D eigenvalue weighted by atomic mass is 10.0. The first-order valence-corrected chi connectivity index (χ1v) is 10.3. The minimum absolute atomic E-state index is 0.0417. The Morgan fingerprint density at radius 3 is 2.48 bits per heavy atom. The molecule has 0 spiro atoms. The Labute approximate surface area is 169 Å². The highest BCUT2D eigenvalue weighted by atomic mass is 79.9. The molecule has 0 heterocycles. The quantitative estimate of drug-likeness (QED) is 0.592. The molecule has 1 aliphatic carbocycles. The smallest absolute Gasteiger partial charge is 0.262 e. The molecular weight excluding hydrogens is 406 g/mol. The number of hydrogen-bond donors (Lipinski definition) is 1. The molecule has 1 saturated carbocycles. The molecule has 1 aliphatic rings. The van der Waals surface area contributed by atoms with E-state index in [-0.39, 0.29) is 12.5 Å². The van der Waals surface area contributed by atoms with E-state index in [1.165, 1.54) is 18.4 Å². The summed E-state index contributed by atoms with van der Waals surface area (Å²) in [6, 6.07) is 13.5. The van der Waals surface area contributed by atoms with Crippen LogP contribution >= 0.6 is 15.9 Å². The van der Waals surface area contributed by atoms with Gasteiger partial charge in [-0.3, -0.25) is 4.79 Å². The second kappa shape index (κ2) is 9.27. The monoisotopic (exact) mass is 431 g/mol. The third-order valence-electron chi connectivity index (χ3n) is 4.72. The van der Waals surface area contributed by atoms with Gasteiger partial charge in [0.15, 0.2) is 6.61 Å². The van der Waals surface area contributed by atoms with Crippen LogP contribution < -0.4 is 14.8 Å². The number of carbonyl (C=O) groups is 1. The van der Waals surface area contributed by atoms with E-state index in [2.05, 4.69) is 35.1 Å². The molecule has 1 fully saturated rings. The van der Waals surface area contributed by atoms with Gasteiger partial charge in [0.2, 0.25) is 0 Å². The molecule has 1 amide bonds. The predicted molar refractivity (Wildman–Crippen MR) is 112 cm³/mol. The Morgan fingerprint density at radius 1 is 1.15 bits per heavy atom. The second-order valence-electron chi connectivity index (χ2n) is 7.23. The second-order valence-corrected chi connectivity index (χ2v) is 8.08. The van der Waals surface area contributed by atoms with Crippen molar-refractivity contribution in [2.75, 3.05) is 11.9 Å². The molecule has 27 heavy (non-hydrogen) atoms. The zero-order valence-electron chi connectivity index (χ0n) is 15.8. The van der Waals surface area contributed by atoms with E-state index >= 15 is 0 Å². The lowest BCUT2D eigenvalue weighted by Gasteiger charge is -2.14. The van der Waals surface area contributed by atoms with Crippen molar-refractivity contribution in [1.82, 2.24) is 0 Å². The third kappa shape index (κ3) is 5.73. The highest BCUT2D eigenvalue weighted by Crippen LogP contribution is 2.29. The molecule has 144 valence electrons. The van der Waals surface area contributed by atoms with Gasteiger partial charge in [-0.05, 0) is 89.5 Å². The van der Waals surface area contributed by atoms with Crippen molar-refractivity contribution in [2.24, 2.45) is 0 Å². The van der Waals surface area contributed by atoms with Gasteiger partial charge < -0.3 is 14.8 Å². The third-order valence-corrected chi connectivity index (χ3v) is 5.34. The molecule has 0 atom stereocenters. The molecular formula is C22H26BrNO3. The predicted octanol–water partition coefficient (Wildman–Crippen LogP) is 5.91. The topological polar surface area (TPSA) is 47.6 Å². The van der Waals surface area contributed by atoms with Crippen LogP contribution in [0.15, 0.2) is 46.9 Å². The molecule has 2 aromatic rings. The first kappa shape index (κ1) is 19.7. The minimum atomic E-state index is -0.195. The van der Waals surface area contributed by atoms with Crippen molar-refractivity contribution in [3.05, 3.63) is 52.5 Å². The van der Waals surface area contributed by atoms with Crippen LogP contribution in [0.5, 0.6) is 11.5 Å². The van der Waals surface area contributed by atoms with Gasteiger partial charge in [-0.2, -0.15) is 0 Å². The zero-order valence-corrected chi connectivity index (χ0v) is 17.4. The lowest BCUT2D eigenvalue weighted by Crippen LogP contribution is -2.20. The summed E-state index contributed by atoms with van der Waals surface area (Å²) in [5.74, 6) is 1.76. The number of anilines is 1. The maximum atomic E-state index is 12.2. The van der Waals surface area contributed by atoms with E-state index in [4.69, 9.17) is 9.47 Å². The van der Waals surface area contributed by atoms with E-state index in [0.29, 0.717) is 17.8 Å². The maximum Gasteiger partial charge on any atom is 0.262 e. The van der Waals surface area contributed by atoms with E-state index in [1.807, 2.05) is 42.5 Å². The van der Waals surface area contributed by atoms with Crippen LogP contribution in [-0.4, -0.2) is 18.6 Å². The van der Waals surface area contributed by atoms with Crippen molar-refractivity contribution in [3.63, 3.8) is 0 Å². The fourth-order valence-corrected chi connectivity index (χ4v) is 3.66. The molecule has 0 saturated heterocycles. The Hall–Kier alpha value is -2.01. The summed E-state index contributed by atoms with van der Waals surface area (Å²) >= 11 is 3.51. The van der Waals surface area contributed by atoms with Crippen LogP contribution in [0.3, 0.4) is 0 Å². The summed E-state index contributed by atoms with van der Waals surface area (Å²) in [7, 11) is 0. The van der Waals surface area contributed by atoms with Gasteiger partial charge >= 0.3 is 0 Å². The normalized spacial score (nSPS) is 14.4. The standard InChI is InChI=1S/C22H26BrNO3/c1-15(2)16-7-12-21(20(23)13-16)26-14-22(25)24-17-8-10-19(11-9-17)27-18-5-3-4-6-18/h7-13,15,18H,3-6,14H2,1-2H3,(H,24,25). The first-order valence-electron chi connectivity index (χ1n) is 9.50. The van der Waals surface area contributed by atoms with Crippen molar-refractivity contribution >= 4 is 27.5 Å². The van der Waals surface area contributed by atoms with Crippen molar-refractivity contribution in [3.8, 4) is 11.5 Å². The SMILES string of the molecule is CC(C)c1ccc(OCC(=O)Nc2ccc(OC3CCCC3)cc2)c(Br)c1. The van der Waals surface area contributed by atoms with Crippen molar-refractivity contribution in [2.45, 2.75) is 51.6 Å². The van der Waals surface area contributed by atoms with Gasteiger partial charge in [0.1, 0.15) is 11.5 Å². The molecule has 5 heteroatoms. The minimum Gasteiger partial charge on any atom is -0.490 e.